The molecule has 4 rings (SSSR count). The number of hydrogen-bond donors (Lipinski definition) is 2. The van der Waals surface area contributed by atoms with Crippen LogP contribution in [0.25, 0.3) is 11.4 Å². The molecule has 1 fully saturated rings. The molecule has 0 aliphatic carbocycles. The summed E-state index contributed by atoms with van der Waals surface area (Å²) in [6, 6.07) is 5.51. The lowest BCUT2D eigenvalue weighted by Crippen LogP contribution is -2.33. The van der Waals surface area contributed by atoms with Gasteiger partial charge in [0.25, 0.3) is 5.56 Å². The van der Waals surface area contributed by atoms with Crippen LogP contribution in [0.2, 0.25) is 0 Å². The third-order valence-corrected chi connectivity index (χ3v) is 4.49. The van der Waals surface area contributed by atoms with E-state index in [1.807, 2.05) is 18.2 Å². The number of pyridine rings is 1. The topological polar surface area (TPSA) is 128 Å². The molecule has 3 atom stereocenters. The predicted molar refractivity (Wildman–Crippen MR) is 93.8 cm³/mol. The summed E-state index contributed by atoms with van der Waals surface area (Å²) < 4.78 is 8.70. The number of ether oxygens (including phenoxy) is 1. The minimum atomic E-state index is -0.781. The molecule has 0 spiro atoms. The van der Waals surface area contributed by atoms with Crippen molar-refractivity contribution < 1.29 is 9.84 Å². The van der Waals surface area contributed by atoms with Crippen molar-refractivity contribution in [1.82, 2.24) is 29.5 Å². The number of aliphatic hydroxyl groups excluding tert-OH is 1. The van der Waals surface area contributed by atoms with Gasteiger partial charge in [0.05, 0.1) is 24.5 Å². The maximum Gasteiger partial charge on any atom is 0.330 e. The third kappa shape index (κ3) is 3.44. The quantitative estimate of drug-likeness (QED) is 0.653. The van der Waals surface area contributed by atoms with Gasteiger partial charge in [-0.3, -0.25) is 19.3 Å². The van der Waals surface area contributed by atoms with Crippen LogP contribution in [0.3, 0.4) is 0 Å². The average molecular weight is 370 g/mol. The Morgan fingerprint density at radius 3 is 2.93 bits per heavy atom. The number of nitrogens with zero attached hydrogens (tertiary/aromatic N) is 5. The summed E-state index contributed by atoms with van der Waals surface area (Å²) in [5, 5.41) is 18.5. The Balaban J connectivity index is 1.50. The van der Waals surface area contributed by atoms with E-state index in [1.165, 1.54) is 10.8 Å². The zero-order chi connectivity index (χ0) is 19.0. The van der Waals surface area contributed by atoms with Crippen LogP contribution in [0.1, 0.15) is 18.2 Å². The molecule has 0 aromatic carbocycles. The summed E-state index contributed by atoms with van der Waals surface area (Å²) in [7, 11) is 0. The van der Waals surface area contributed by atoms with E-state index in [4.69, 9.17) is 4.74 Å². The van der Waals surface area contributed by atoms with Crippen LogP contribution in [0.4, 0.5) is 0 Å². The van der Waals surface area contributed by atoms with Gasteiger partial charge in [-0.25, -0.2) is 9.48 Å². The summed E-state index contributed by atoms with van der Waals surface area (Å²) in [5.74, 6) is 0. The van der Waals surface area contributed by atoms with Gasteiger partial charge in [0, 0.05) is 24.4 Å². The summed E-state index contributed by atoms with van der Waals surface area (Å²) in [4.78, 5) is 30.0. The van der Waals surface area contributed by atoms with Crippen molar-refractivity contribution in [3.63, 3.8) is 0 Å². The molecule has 1 aliphatic rings. The Bertz CT molecular complexity index is 1060. The molecule has 0 unspecified atom stereocenters. The lowest BCUT2D eigenvalue weighted by Gasteiger charge is -2.16. The SMILES string of the molecule is Cc1cn([C@H]2C[C@H](O)[C@@H](Cn3cc(-c4ccccn4)nn3)O2)c(=O)[nH]c1=O. The van der Waals surface area contributed by atoms with Gasteiger partial charge in [0.15, 0.2) is 0 Å². The molecule has 0 amide bonds. The standard InChI is InChI=1S/C17H18N6O4/c1-10-7-23(17(26)19-16(10)25)15-6-13(24)14(27-15)9-22-8-12(20-21-22)11-4-2-3-5-18-11/h2-5,7-8,13-15,24H,6,9H2,1H3,(H,19,25,26)/t13-,14+,15+/m0/s1. The zero-order valence-electron chi connectivity index (χ0n) is 14.5. The van der Waals surface area contributed by atoms with E-state index in [0.29, 0.717) is 17.0 Å². The number of rotatable bonds is 4. The second kappa shape index (κ2) is 6.89. The van der Waals surface area contributed by atoms with Crippen LogP contribution >= 0.6 is 0 Å². The predicted octanol–water partition coefficient (Wildman–Crippen LogP) is -0.153. The molecule has 27 heavy (non-hydrogen) atoms. The first kappa shape index (κ1) is 17.3. The molecule has 10 nitrogen and oxygen atoms in total. The molecule has 10 heteroatoms. The van der Waals surface area contributed by atoms with Crippen molar-refractivity contribution in [2.75, 3.05) is 0 Å². The number of aromatic nitrogens is 6. The lowest BCUT2D eigenvalue weighted by atomic mass is 10.2. The third-order valence-electron chi connectivity index (χ3n) is 4.49. The summed E-state index contributed by atoms with van der Waals surface area (Å²) in [5.41, 5.74) is 0.710. The highest BCUT2D eigenvalue weighted by Crippen LogP contribution is 2.28. The number of aliphatic hydroxyl groups is 1. The van der Waals surface area contributed by atoms with Gasteiger partial charge in [0.1, 0.15) is 18.0 Å². The molecular formula is C17H18N6O4. The van der Waals surface area contributed by atoms with Crippen molar-refractivity contribution in [2.45, 2.75) is 38.3 Å². The Kier molecular flexibility index (Phi) is 4.42. The van der Waals surface area contributed by atoms with Crippen molar-refractivity contribution in [3.8, 4) is 11.4 Å². The van der Waals surface area contributed by atoms with Gasteiger partial charge in [-0.05, 0) is 19.1 Å². The fraction of sp³-hybridized carbons (Fsp3) is 0.353. The molecule has 0 bridgehead atoms. The maximum absolute atomic E-state index is 12.0. The Labute approximate surface area is 153 Å². The molecule has 140 valence electrons. The van der Waals surface area contributed by atoms with E-state index in [9.17, 15) is 14.7 Å². The fourth-order valence-electron chi connectivity index (χ4n) is 3.05. The van der Waals surface area contributed by atoms with Crippen molar-refractivity contribution >= 4 is 0 Å². The van der Waals surface area contributed by atoms with Crippen molar-refractivity contribution in [3.05, 3.63) is 63.2 Å². The molecule has 0 radical (unpaired) electrons. The highest BCUT2D eigenvalue weighted by atomic mass is 16.5. The monoisotopic (exact) mass is 370 g/mol. The number of aromatic amines is 1. The normalized spacial score (nSPS) is 22.2. The Morgan fingerprint density at radius 1 is 1.30 bits per heavy atom. The van der Waals surface area contributed by atoms with Crippen LogP contribution in [0, 0.1) is 6.92 Å². The lowest BCUT2D eigenvalue weighted by molar-refractivity contribution is -0.0302. The molecule has 1 saturated heterocycles. The summed E-state index contributed by atoms with van der Waals surface area (Å²) in [6.45, 7) is 1.88. The van der Waals surface area contributed by atoms with Gasteiger partial charge >= 0.3 is 5.69 Å². The minimum absolute atomic E-state index is 0.234. The Hall–Kier alpha value is -3.11. The number of nitrogens with one attached hydrogen (secondary N) is 1. The number of H-pyrrole nitrogens is 1. The first-order valence-electron chi connectivity index (χ1n) is 8.48. The summed E-state index contributed by atoms with van der Waals surface area (Å²) >= 11 is 0. The van der Waals surface area contributed by atoms with E-state index in [2.05, 4.69) is 20.3 Å². The highest BCUT2D eigenvalue weighted by molar-refractivity contribution is 5.51. The van der Waals surface area contributed by atoms with E-state index in [1.54, 1.807) is 24.0 Å². The van der Waals surface area contributed by atoms with Crippen LogP contribution < -0.4 is 11.2 Å². The molecular weight excluding hydrogens is 352 g/mol. The van der Waals surface area contributed by atoms with Crippen LogP contribution in [0.15, 0.2) is 46.4 Å². The molecule has 4 heterocycles. The minimum Gasteiger partial charge on any atom is -0.390 e. The van der Waals surface area contributed by atoms with Crippen LogP contribution in [-0.2, 0) is 11.3 Å². The van der Waals surface area contributed by atoms with E-state index < -0.39 is 29.7 Å². The van der Waals surface area contributed by atoms with Crippen LogP contribution in [-0.4, -0.2) is 46.8 Å². The van der Waals surface area contributed by atoms with Crippen molar-refractivity contribution in [2.24, 2.45) is 0 Å². The Morgan fingerprint density at radius 2 is 2.15 bits per heavy atom. The number of aryl methyl sites for hydroxylation is 1. The first-order chi connectivity index (χ1) is 13.0. The van der Waals surface area contributed by atoms with E-state index in [0.717, 1.165) is 0 Å². The molecule has 2 N–H and O–H groups in total. The van der Waals surface area contributed by atoms with Crippen molar-refractivity contribution in [1.29, 1.82) is 0 Å². The molecule has 3 aromatic heterocycles. The fourth-order valence-corrected chi connectivity index (χ4v) is 3.05. The van der Waals surface area contributed by atoms with E-state index >= 15 is 0 Å². The highest BCUT2D eigenvalue weighted by Gasteiger charge is 2.36. The largest absolute Gasteiger partial charge is 0.390 e. The van der Waals surface area contributed by atoms with Gasteiger partial charge in [-0.1, -0.05) is 11.3 Å². The summed E-state index contributed by atoms with van der Waals surface area (Å²) in [6.07, 6.45) is 3.07. The van der Waals surface area contributed by atoms with Gasteiger partial charge < -0.3 is 9.84 Å². The average Bonchev–Trinajstić information content (AvgIpc) is 3.26. The van der Waals surface area contributed by atoms with Gasteiger partial charge in [-0.15, -0.1) is 5.10 Å². The molecule has 1 aliphatic heterocycles. The number of hydrogen-bond acceptors (Lipinski definition) is 7. The smallest absolute Gasteiger partial charge is 0.330 e. The second-order valence-corrected chi connectivity index (χ2v) is 6.45. The van der Waals surface area contributed by atoms with E-state index in [-0.39, 0.29) is 13.0 Å². The molecule has 3 aromatic rings. The molecule has 0 saturated carbocycles. The van der Waals surface area contributed by atoms with Crippen LogP contribution in [0.5, 0.6) is 0 Å². The first-order valence-corrected chi connectivity index (χ1v) is 8.48. The second-order valence-electron chi connectivity index (χ2n) is 6.45. The van der Waals surface area contributed by atoms with Gasteiger partial charge in [-0.2, -0.15) is 0 Å². The maximum atomic E-state index is 12.0. The van der Waals surface area contributed by atoms with Gasteiger partial charge in [0.2, 0.25) is 0 Å². The zero-order valence-corrected chi connectivity index (χ0v) is 14.5.